The second-order valence-corrected chi connectivity index (χ2v) is 3.74. The van der Waals surface area contributed by atoms with E-state index in [1.165, 1.54) is 12.3 Å². The van der Waals surface area contributed by atoms with E-state index in [4.69, 9.17) is 5.73 Å². The molecule has 2 rings (SSSR count). The minimum Gasteiger partial charge on any atom is -0.399 e. The number of nitrogens with one attached hydrogen (secondary N) is 1. The van der Waals surface area contributed by atoms with Gasteiger partial charge >= 0.3 is 16.9 Å². The van der Waals surface area contributed by atoms with Crippen molar-refractivity contribution in [2.75, 3.05) is 5.73 Å². The van der Waals surface area contributed by atoms with Crippen molar-refractivity contribution in [3.63, 3.8) is 0 Å². The molecule has 0 spiro atoms. The third-order valence-electron chi connectivity index (χ3n) is 2.36. The Kier molecular flexibility index (Phi) is 3.10. The lowest BCUT2D eigenvalue weighted by atomic mass is 10.3. The number of aromatic nitrogens is 3. The highest BCUT2D eigenvalue weighted by Gasteiger charge is 2.15. The van der Waals surface area contributed by atoms with Crippen molar-refractivity contribution < 1.29 is 4.92 Å². The predicted octanol–water partition coefficient (Wildman–Crippen LogP) is -0.530. The summed E-state index contributed by atoms with van der Waals surface area (Å²) in [6, 6.07) is 3.10. The molecule has 2 heterocycles. The van der Waals surface area contributed by atoms with Crippen LogP contribution in [-0.4, -0.2) is 19.5 Å². The van der Waals surface area contributed by atoms with Crippen LogP contribution in [0.5, 0.6) is 0 Å². The molecule has 0 unspecified atom stereocenters. The van der Waals surface area contributed by atoms with E-state index in [-0.39, 0.29) is 6.54 Å². The summed E-state index contributed by atoms with van der Waals surface area (Å²) in [6.45, 7) is -0.0263. The highest BCUT2D eigenvalue weighted by Crippen LogP contribution is 2.05. The third kappa shape index (κ3) is 2.65. The van der Waals surface area contributed by atoms with Gasteiger partial charge in [0, 0.05) is 11.9 Å². The van der Waals surface area contributed by atoms with E-state index >= 15 is 0 Å². The molecular formula is C10H9N5O4. The molecule has 0 amide bonds. The number of nitro groups is 1. The zero-order chi connectivity index (χ0) is 14.0. The molecule has 0 aromatic carbocycles. The Labute approximate surface area is 105 Å². The van der Waals surface area contributed by atoms with Crippen LogP contribution in [0.2, 0.25) is 0 Å². The molecule has 0 aliphatic carbocycles. The van der Waals surface area contributed by atoms with E-state index < -0.39 is 21.9 Å². The number of pyridine rings is 1. The molecule has 2 aromatic rings. The summed E-state index contributed by atoms with van der Waals surface area (Å²) in [5, 5.41) is 10.6. The van der Waals surface area contributed by atoms with Crippen LogP contribution >= 0.6 is 0 Å². The van der Waals surface area contributed by atoms with Gasteiger partial charge in [0.2, 0.25) is 0 Å². The van der Waals surface area contributed by atoms with Gasteiger partial charge in [-0.05, 0) is 12.1 Å². The summed E-state index contributed by atoms with van der Waals surface area (Å²) in [4.78, 5) is 38.3. The maximum Gasteiger partial charge on any atom is 0.350 e. The quantitative estimate of drug-likeness (QED) is 0.564. The van der Waals surface area contributed by atoms with Crippen molar-refractivity contribution in [2.45, 2.75) is 6.54 Å². The summed E-state index contributed by atoms with van der Waals surface area (Å²) in [5.41, 5.74) is 3.97. The van der Waals surface area contributed by atoms with Gasteiger partial charge in [-0.25, -0.2) is 4.79 Å². The van der Waals surface area contributed by atoms with Crippen molar-refractivity contribution >= 4 is 11.4 Å². The number of hydrogen-bond acceptors (Lipinski definition) is 6. The first-order chi connectivity index (χ1) is 8.97. The Balaban J connectivity index is 2.46. The molecule has 0 saturated heterocycles. The van der Waals surface area contributed by atoms with Crippen LogP contribution in [0.25, 0.3) is 0 Å². The molecule has 19 heavy (non-hydrogen) atoms. The van der Waals surface area contributed by atoms with Crippen LogP contribution in [0, 0.1) is 10.1 Å². The molecule has 0 fully saturated rings. The first kappa shape index (κ1) is 12.5. The second kappa shape index (κ2) is 4.72. The molecule has 2 aromatic heterocycles. The molecule has 9 nitrogen and oxygen atoms in total. The lowest BCUT2D eigenvalue weighted by Crippen LogP contribution is -2.31. The van der Waals surface area contributed by atoms with E-state index in [9.17, 15) is 19.7 Å². The molecule has 0 bridgehead atoms. The SMILES string of the molecule is Nc1ccnc(Cn2cc([N+](=O)[O-])c(=O)[nH]c2=O)c1. The molecule has 0 aliphatic heterocycles. The maximum atomic E-state index is 11.5. The first-order valence-electron chi connectivity index (χ1n) is 5.16. The van der Waals surface area contributed by atoms with Gasteiger partial charge in [-0.15, -0.1) is 0 Å². The third-order valence-corrected chi connectivity index (χ3v) is 2.36. The van der Waals surface area contributed by atoms with Crippen LogP contribution in [0.1, 0.15) is 5.69 Å². The van der Waals surface area contributed by atoms with Crippen molar-refractivity contribution in [1.82, 2.24) is 14.5 Å². The van der Waals surface area contributed by atoms with Gasteiger partial charge in [-0.1, -0.05) is 0 Å². The molecule has 0 aliphatic rings. The van der Waals surface area contributed by atoms with Gasteiger partial charge in [0.15, 0.2) is 0 Å². The average Bonchev–Trinajstić information content (AvgIpc) is 2.32. The van der Waals surface area contributed by atoms with Gasteiger partial charge in [0.1, 0.15) is 0 Å². The number of nitrogen functional groups attached to an aromatic ring is 1. The Hall–Kier alpha value is -2.97. The Bertz CT molecular complexity index is 748. The summed E-state index contributed by atoms with van der Waals surface area (Å²) < 4.78 is 0.987. The highest BCUT2D eigenvalue weighted by atomic mass is 16.6. The molecular weight excluding hydrogens is 254 g/mol. The fourth-order valence-electron chi connectivity index (χ4n) is 1.50. The van der Waals surface area contributed by atoms with Crippen LogP contribution in [-0.2, 0) is 6.54 Å². The summed E-state index contributed by atoms with van der Waals surface area (Å²) in [6.07, 6.45) is 2.34. The Morgan fingerprint density at radius 2 is 2.21 bits per heavy atom. The lowest BCUT2D eigenvalue weighted by molar-refractivity contribution is -0.386. The second-order valence-electron chi connectivity index (χ2n) is 3.74. The largest absolute Gasteiger partial charge is 0.399 e. The van der Waals surface area contributed by atoms with Crippen molar-refractivity contribution in [3.05, 3.63) is 61.2 Å². The Morgan fingerprint density at radius 1 is 1.47 bits per heavy atom. The standard InChI is InChI=1S/C10H9N5O4/c11-6-1-2-12-7(3-6)4-14-5-8(15(18)19)9(16)13-10(14)17/h1-3,5H,4H2,(H2,11,12)(H,13,16,17). The number of hydrogen-bond donors (Lipinski definition) is 2. The number of rotatable bonds is 3. The van der Waals surface area contributed by atoms with Crippen LogP contribution in [0.3, 0.4) is 0 Å². The van der Waals surface area contributed by atoms with Crippen LogP contribution < -0.4 is 17.0 Å². The molecule has 98 valence electrons. The topological polar surface area (TPSA) is 137 Å². The summed E-state index contributed by atoms with van der Waals surface area (Å²) >= 11 is 0. The van der Waals surface area contributed by atoms with E-state index in [0.717, 1.165) is 10.8 Å². The van der Waals surface area contributed by atoms with Crippen molar-refractivity contribution in [1.29, 1.82) is 0 Å². The monoisotopic (exact) mass is 263 g/mol. The van der Waals surface area contributed by atoms with E-state index in [0.29, 0.717) is 11.4 Å². The minimum absolute atomic E-state index is 0.0263. The number of anilines is 1. The summed E-state index contributed by atoms with van der Waals surface area (Å²) in [5.74, 6) is 0. The van der Waals surface area contributed by atoms with E-state index in [1.807, 2.05) is 4.98 Å². The zero-order valence-electron chi connectivity index (χ0n) is 9.57. The first-order valence-corrected chi connectivity index (χ1v) is 5.16. The van der Waals surface area contributed by atoms with Crippen molar-refractivity contribution in [3.8, 4) is 0 Å². The maximum absolute atomic E-state index is 11.5. The number of aromatic amines is 1. The van der Waals surface area contributed by atoms with E-state index in [1.54, 1.807) is 6.07 Å². The normalized spacial score (nSPS) is 10.3. The molecule has 9 heteroatoms. The van der Waals surface area contributed by atoms with Crippen molar-refractivity contribution in [2.24, 2.45) is 0 Å². The number of H-pyrrole nitrogens is 1. The molecule has 0 radical (unpaired) electrons. The van der Waals surface area contributed by atoms with Crippen LogP contribution in [0.15, 0.2) is 34.1 Å². The van der Waals surface area contributed by atoms with Crippen LogP contribution in [0.4, 0.5) is 11.4 Å². The summed E-state index contributed by atoms with van der Waals surface area (Å²) in [7, 11) is 0. The lowest BCUT2D eigenvalue weighted by Gasteiger charge is -2.04. The average molecular weight is 263 g/mol. The van der Waals surface area contributed by atoms with E-state index in [2.05, 4.69) is 4.98 Å². The van der Waals surface area contributed by atoms with Gasteiger partial charge < -0.3 is 5.73 Å². The minimum atomic E-state index is -1.04. The fraction of sp³-hybridized carbons (Fsp3) is 0.100. The highest BCUT2D eigenvalue weighted by molar-refractivity contribution is 5.37. The number of nitrogens with zero attached hydrogens (tertiary/aromatic N) is 3. The number of nitrogens with two attached hydrogens (primary N) is 1. The van der Waals surface area contributed by atoms with Gasteiger partial charge in [0.25, 0.3) is 0 Å². The molecule has 0 saturated carbocycles. The molecule has 0 atom stereocenters. The zero-order valence-corrected chi connectivity index (χ0v) is 9.57. The van der Waals surface area contributed by atoms with Gasteiger partial charge in [0.05, 0.1) is 23.4 Å². The smallest absolute Gasteiger partial charge is 0.350 e. The molecule has 3 N–H and O–H groups in total. The fourth-order valence-corrected chi connectivity index (χ4v) is 1.50. The Morgan fingerprint density at radius 3 is 2.84 bits per heavy atom. The predicted molar refractivity (Wildman–Crippen MR) is 65.7 cm³/mol. The van der Waals surface area contributed by atoms with Gasteiger partial charge in [-0.2, -0.15) is 0 Å². The van der Waals surface area contributed by atoms with Gasteiger partial charge in [-0.3, -0.25) is 29.4 Å².